The van der Waals surface area contributed by atoms with Crippen molar-refractivity contribution in [1.82, 2.24) is 0 Å². The highest BCUT2D eigenvalue weighted by Gasteiger charge is 1.93. The summed E-state index contributed by atoms with van der Waals surface area (Å²) in [6.07, 6.45) is 0. The molecule has 0 spiro atoms. The van der Waals surface area contributed by atoms with Crippen LogP contribution in [0.15, 0.2) is 24.3 Å². The Balaban J connectivity index is 2.87. The Morgan fingerprint density at radius 1 is 1.00 bits per heavy atom. The normalized spacial score (nSPS) is 9.80. The Morgan fingerprint density at radius 3 is 1.90 bits per heavy atom. The third-order valence-electron chi connectivity index (χ3n) is 0.952. The lowest BCUT2D eigenvalue weighted by Crippen LogP contribution is -1.73. The van der Waals surface area contributed by atoms with E-state index >= 15 is 0 Å². The fourth-order valence-corrected chi connectivity index (χ4v) is 3.93. The number of hydrogen-bond acceptors (Lipinski definition) is 0. The molecule has 0 N–H and O–H groups in total. The van der Waals surface area contributed by atoms with Crippen LogP contribution in [0.2, 0.25) is 0 Å². The summed E-state index contributed by atoms with van der Waals surface area (Å²) in [5, 5.41) is 0. The van der Waals surface area contributed by atoms with Gasteiger partial charge in [-0.15, -0.1) is 0 Å². The zero-order valence-corrected chi connectivity index (χ0v) is 10.6. The van der Waals surface area contributed by atoms with Gasteiger partial charge in [-0.05, 0) is 76.2 Å². The molecule has 10 heavy (non-hydrogen) atoms. The molecule has 4 heteroatoms. The van der Waals surface area contributed by atoms with Gasteiger partial charge >= 0.3 is 0 Å². The highest BCUT2D eigenvalue weighted by Crippen LogP contribution is 2.31. The quantitative estimate of drug-likeness (QED) is 0.650. The maximum absolute atomic E-state index is 5.74. The Kier molecular flexibility index (Phi) is 4.68. The average molecular weight is 401 g/mol. The Labute approximate surface area is 88.2 Å². The molecule has 1 aromatic carbocycles. The summed E-state index contributed by atoms with van der Waals surface area (Å²) in [5.41, 5.74) is 0. The van der Waals surface area contributed by atoms with Crippen LogP contribution in [-0.2, 0) is 0 Å². The molecule has 0 saturated heterocycles. The first-order chi connectivity index (χ1) is 4.86. The lowest BCUT2D eigenvalue weighted by molar-refractivity contribution is 1.59. The molecule has 0 unspecified atom stereocenters. The van der Waals surface area contributed by atoms with Gasteiger partial charge in [-0.1, -0.05) is 6.07 Å². The van der Waals surface area contributed by atoms with Gasteiger partial charge in [0, 0.05) is 7.14 Å². The molecule has 0 bridgehead atoms. The van der Waals surface area contributed by atoms with Crippen molar-refractivity contribution < 1.29 is 0 Å². The highest BCUT2D eigenvalue weighted by atomic mass is 127. The summed E-state index contributed by atoms with van der Waals surface area (Å²) in [6, 6.07) is 8.25. The van der Waals surface area contributed by atoms with Crippen molar-refractivity contribution in [2.24, 2.45) is 0 Å². The van der Waals surface area contributed by atoms with E-state index in [0.29, 0.717) is 0 Å². The van der Waals surface area contributed by atoms with E-state index in [4.69, 9.17) is 17.8 Å². The van der Waals surface area contributed by atoms with Crippen LogP contribution in [0.3, 0.4) is 0 Å². The SMILES string of the molecule is Cl[I]c1cccc([I]Cl)c1. The van der Waals surface area contributed by atoms with E-state index in [2.05, 4.69) is 18.2 Å². The zero-order chi connectivity index (χ0) is 7.40. The fourth-order valence-electron chi connectivity index (χ4n) is 0.549. The molecular weight excluding hydrogens is 397 g/mol. The first-order valence-electron chi connectivity index (χ1n) is 2.49. The molecular formula is C6H4Cl2I2. The topological polar surface area (TPSA) is 0 Å². The monoisotopic (exact) mass is 400 g/mol. The molecule has 0 saturated carbocycles. The van der Waals surface area contributed by atoms with Gasteiger partial charge in [-0.2, -0.15) is 0 Å². The summed E-state index contributed by atoms with van der Waals surface area (Å²) in [6.45, 7) is 0. The van der Waals surface area contributed by atoms with Crippen molar-refractivity contribution in [2.75, 3.05) is 0 Å². The molecule has 0 aliphatic rings. The van der Waals surface area contributed by atoms with Crippen molar-refractivity contribution in [3.05, 3.63) is 31.4 Å². The standard InChI is InChI=1S/C6H4Cl2I2/c7-9-5-2-1-3-6(4-5)10-8/h1-4H. The number of hydrogen-bond donors (Lipinski definition) is 0. The summed E-state index contributed by atoms with van der Waals surface area (Å²) in [7, 11) is 11.5. The van der Waals surface area contributed by atoms with E-state index in [1.165, 1.54) is 7.14 Å². The van der Waals surface area contributed by atoms with E-state index < -0.39 is 0 Å². The van der Waals surface area contributed by atoms with Crippen LogP contribution in [0.1, 0.15) is 0 Å². The van der Waals surface area contributed by atoms with Crippen LogP contribution >= 0.6 is 58.0 Å². The summed E-state index contributed by atoms with van der Waals surface area (Å²) < 4.78 is 2.52. The molecule has 0 amide bonds. The van der Waals surface area contributed by atoms with Crippen molar-refractivity contribution in [1.29, 1.82) is 0 Å². The Morgan fingerprint density at radius 2 is 1.50 bits per heavy atom. The predicted octanol–water partition coefficient (Wildman–Crippen LogP) is 4.27. The molecule has 2 radical (unpaired) electrons. The van der Waals surface area contributed by atoms with Gasteiger partial charge in [-0.25, -0.2) is 0 Å². The zero-order valence-electron chi connectivity index (χ0n) is 4.82. The molecule has 0 aliphatic heterocycles. The largest absolute Gasteiger partial charge is 0.0601 e. The molecule has 0 aromatic heterocycles. The van der Waals surface area contributed by atoms with E-state index in [0.717, 1.165) is 0 Å². The van der Waals surface area contributed by atoms with E-state index in [1.54, 1.807) is 0 Å². The third kappa shape index (κ3) is 2.71. The molecule has 1 aromatic rings. The summed E-state index contributed by atoms with van der Waals surface area (Å²) in [4.78, 5) is 0. The first-order valence-corrected chi connectivity index (χ1v) is 10.1. The molecule has 56 valence electrons. The number of benzene rings is 1. The second-order valence-electron chi connectivity index (χ2n) is 1.58. The maximum atomic E-state index is 5.74. The van der Waals surface area contributed by atoms with Crippen LogP contribution in [0, 0.1) is 7.14 Å². The summed E-state index contributed by atoms with van der Waals surface area (Å²) in [5.74, 6) is 0. The van der Waals surface area contributed by atoms with Crippen LogP contribution in [-0.4, -0.2) is 0 Å². The van der Waals surface area contributed by atoms with Crippen molar-refractivity contribution in [2.45, 2.75) is 0 Å². The molecule has 1 rings (SSSR count). The third-order valence-corrected chi connectivity index (χ3v) is 5.45. The minimum atomic E-state index is -0.282. The van der Waals surface area contributed by atoms with Gasteiger partial charge in [0.1, 0.15) is 0 Å². The summed E-state index contributed by atoms with van der Waals surface area (Å²) >= 11 is -0.565. The molecule has 0 fully saturated rings. The van der Waals surface area contributed by atoms with Gasteiger partial charge in [-0.3, -0.25) is 0 Å². The van der Waals surface area contributed by atoms with Crippen LogP contribution in [0.4, 0.5) is 0 Å². The van der Waals surface area contributed by atoms with Crippen molar-refractivity contribution in [3.8, 4) is 0 Å². The fraction of sp³-hybridized carbons (Fsp3) is 0. The minimum Gasteiger partial charge on any atom is -0.0601 e. The van der Waals surface area contributed by atoms with E-state index in [9.17, 15) is 0 Å². The van der Waals surface area contributed by atoms with E-state index in [-0.39, 0.29) is 40.2 Å². The maximum Gasteiger partial charge on any atom is 0.0196 e. The van der Waals surface area contributed by atoms with Crippen molar-refractivity contribution >= 4 is 58.0 Å². The average Bonchev–Trinajstić information content (AvgIpc) is 2.05. The predicted molar refractivity (Wildman–Crippen MR) is 63.6 cm³/mol. The lowest BCUT2D eigenvalue weighted by atomic mass is 10.4. The van der Waals surface area contributed by atoms with Gasteiger partial charge in [0.05, 0.1) is 0 Å². The second-order valence-corrected chi connectivity index (χ2v) is 6.81. The van der Waals surface area contributed by atoms with Crippen LogP contribution in [0.5, 0.6) is 0 Å². The second kappa shape index (κ2) is 5.00. The van der Waals surface area contributed by atoms with Gasteiger partial charge < -0.3 is 0 Å². The van der Waals surface area contributed by atoms with Gasteiger partial charge in [0.2, 0.25) is 0 Å². The van der Waals surface area contributed by atoms with Crippen LogP contribution in [0.25, 0.3) is 0 Å². The Hall–Kier alpha value is 1.26. The first kappa shape index (κ1) is 9.35. The molecule has 0 heterocycles. The lowest BCUT2D eigenvalue weighted by Gasteiger charge is -1.94. The van der Waals surface area contributed by atoms with Gasteiger partial charge in [0.15, 0.2) is 0 Å². The highest BCUT2D eigenvalue weighted by molar-refractivity contribution is 14.2. The minimum absolute atomic E-state index is 0.282. The van der Waals surface area contributed by atoms with Crippen molar-refractivity contribution in [3.63, 3.8) is 0 Å². The molecule has 0 atom stereocenters. The smallest absolute Gasteiger partial charge is 0.0196 e. The van der Waals surface area contributed by atoms with Gasteiger partial charge in [0.25, 0.3) is 0 Å². The Bertz CT molecular complexity index is 195. The molecule has 0 aliphatic carbocycles. The van der Waals surface area contributed by atoms with E-state index in [1.807, 2.05) is 6.07 Å². The molecule has 0 nitrogen and oxygen atoms in total. The van der Waals surface area contributed by atoms with Crippen LogP contribution < -0.4 is 0 Å². The number of halogens is 4. The number of rotatable bonds is 2.